The zero-order valence-electron chi connectivity index (χ0n) is 11.8. The first-order valence-corrected chi connectivity index (χ1v) is 7.87. The van der Waals surface area contributed by atoms with Crippen LogP contribution in [0.2, 0.25) is 0 Å². The van der Waals surface area contributed by atoms with Crippen molar-refractivity contribution in [3.05, 3.63) is 29.8 Å². The molecule has 1 heterocycles. The van der Waals surface area contributed by atoms with Gasteiger partial charge >= 0.3 is 6.61 Å². The predicted molar refractivity (Wildman–Crippen MR) is 80.1 cm³/mol. The summed E-state index contributed by atoms with van der Waals surface area (Å²) >= 11 is 3.58. The number of alkyl halides is 3. The van der Waals surface area contributed by atoms with Gasteiger partial charge in [0.05, 0.1) is 0 Å². The van der Waals surface area contributed by atoms with Crippen LogP contribution in [0.5, 0.6) is 5.75 Å². The Kier molecular flexibility index (Phi) is 5.56. The molecule has 1 aromatic carbocycles. The van der Waals surface area contributed by atoms with Crippen LogP contribution < -0.4 is 4.74 Å². The van der Waals surface area contributed by atoms with Crippen molar-refractivity contribution in [2.24, 2.45) is 5.92 Å². The Hall–Kier alpha value is -1.17. The monoisotopic (exact) mass is 361 g/mol. The number of hydrogen-bond acceptors (Lipinski definition) is 2. The summed E-state index contributed by atoms with van der Waals surface area (Å²) in [6, 6.07) is 5.97. The third-order valence-corrected chi connectivity index (χ3v) is 4.53. The molecule has 0 aliphatic carbocycles. The van der Waals surface area contributed by atoms with Crippen LogP contribution in [0.15, 0.2) is 24.3 Å². The van der Waals surface area contributed by atoms with Gasteiger partial charge in [-0.2, -0.15) is 8.78 Å². The Morgan fingerprint density at radius 2 is 2.05 bits per heavy atom. The maximum atomic E-state index is 12.4. The molecule has 1 fully saturated rings. The van der Waals surface area contributed by atoms with Gasteiger partial charge in [-0.1, -0.05) is 28.9 Å². The van der Waals surface area contributed by atoms with Gasteiger partial charge in [-0.15, -0.1) is 0 Å². The summed E-state index contributed by atoms with van der Waals surface area (Å²) in [4.78, 5) is 14.6. The lowest BCUT2D eigenvalue weighted by molar-refractivity contribution is -0.0499. The van der Waals surface area contributed by atoms with Gasteiger partial charge in [-0.25, -0.2) is 0 Å². The van der Waals surface area contributed by atoms with E-state index in [0.717, 1.165) is 12.8 Å². The number of likely N-dealkylation sites (tertiary alicyclic amines) is 1. The SMILES string of the molecule is CC(Br)C1CCN(C(=O)c2cccc(OC(F)F)c2)CC1. The summed E-state index contributed by atoms with van der Waals surface area (Å²) in [7, 11) is 0. The fraction of sp³-hybridized carbons (Fsp3) is 0.533. The number of carbonyl (C=O) groups excluding carboxylic acids is 1. The molecule has 1 atom stereocenters. The predicted octanol–water partition coefficient (Wildman–Crippen LogP) is 3.92. The maximum Gasteiger partial charge on any atom is 0.387 e. The number of nitrogens with zero attached hydrogens (tertiary/aromatic N) is 1. The van der Waals surface area contributed by atoms with Gasteiger partial charge in [0.2, 0.25) is 0 Å². The van der Waals surface area contributed by atoms with Gasteiger partial charge in [0.1, 0.15) is 5.75 Å². The van der Waals surface area contributed by atoms with Crippen LogP contribution in [0.4, 0.5) is 8.78 Å². The largest absolute Gasteiger partial charge is 0.435 e. The zero-order chi connectivity index (χ0) is 15.4. The Balaban J connectivity index is 2.00. The molecule has 2 rings (SSSR count). The molecule has 0 aromatic heterocycles. The van der Waals surface area contributed by atoms with Crippen molar-refractivity contribution in [2.45, 2.75) is 31.2 Å². The molecule has 0 radical (unpaired) electrons. The minimum atomic E-state index is -2.88. The lowest BCUT2D eigenvalue weighted by atomic mass is 9.94. The third kappa shape index (κ3) is 4.40. The summed E-state index contributed by atoms with van der Waals surface area (Å²) in [6.45, 7) is 0.623. The topological polar surface area (TPSA) is 29.5 Å². The van der Waals surface area contributed by atoms with Crippen molar-refractivity contribution in [2.75, 3.05) is 13.1 Å². The van der Waals surface area contributed by atoms with Gasteiger partial charge < -0.3 is 9.64 Å². The van der Waals surface area contributed by atoms with Crippen LogP contribution in [-0.2, 0) is 0 Å². The van der Waals surface area contributed by atoms with Crippen LogP contribution >= 0.6 is 15.9 Å². The van der Waals surface area contributed by atoms with Crippen molar-refractivity contribution >= 4 is 21.8 Å². The number of piperidine rings is 1. The normalized spacial score (nSPS) is 17.9. The molecule has 0 spiro atoms. The second-order valence-corrected chi connectivity index (χ2v) is 6.66. The number of halogens is 3. The van der Waals surface area contributed by atoms with Crippen LogP contribution in [0.25, 0.3) is 0 Å². The van der Waals surface area contributed by atoms with Crippen LogP contribution in [-0.4, -0.2) is 35.3 Å². The molecule has 1 saturated heterocycles. The standard InChI is InChI=1S/C15H18BrF2NO2/c1-10(16)11-5-7-19(8-6-11)14(20)12-3-2-4-13(9-12)21-15(17)18/h2-4,9-11,15H,5-8H2,1H3. The molecule has 0 bridgehead atoms. The van der Waals surface area contributed by atoms with E-state index in [1.54, 1.807) is 17.0 Å². The van der Waals surface area contributed by atoms with E-state index in [-0.39, 0.29) is 11.7 Å². The van der Waals surface area contributed by atoms with E-state index >= 15 is 0 Å². The maximum absolute atomic E-state index is 12.4. The highest BCUT2D eigenvalue weighted by molar-refractivity contribution is 9.09. The van der Waals surface area contributed by atoms with Crippen LogP contribution in [0, 0.1) is 5.92 Å². The highest BCUT2D eigenvalue weighted by Crippen LogP contribution is 2.26. The molecular weight excluding hydrogens is 344 g/mol. The molecule has 1 amide bonds. The van der Waals surface area contributed by atoms with E-state index in [9.17, 15) is 13.6 Å². The number of benzene rings is 1. The Morgan fingerprint density at radius 3 is 2.62 bits per heavy atom. The van der Waals surface area contributed by atoms with E-state index in [0.29, 0.717) is 29.4 Å². The number of amides is 1. The lowest BCUT2D eigenvalue weighted by Crippen LogP contribution is -2.39. The number of rotatable bonds is 4. The first kappa shape index (κ1) is 16.2. The number of ether oxygens (including phenoxy) is 1. The van der Waals surface area contributed by atoms with Crippen molar-refractivity contribution in [1.82, 2.24) is 4.90 Å². The zero-order valence-corrected chi connectivity index (χ0v) is 13.4. The summed E-state index contributed by atoms with van der Waals surface area (Å²) in [5, 5.41) is 0. The highest BCUT2D eigenvalue weighted by atomic mass is 79.9. The van der Waals surface area contributed by atoms with E-state index < -0.39 is 6.61 Å². The Bertz CT molecular complexity index is 488. The van der Waals surface area contributed by atoms with Crippen LogP contribution in [0.1, 0.15) is 30.1 Å². The van der Waals surface area contributed by atoms with E-state index in [2.05, 4.69) is 27.6 Å². The smallest absolute Gasteiger partial charge is 0.387 e. The average molecular weight is 362 g/mol. The third-order valence-electron chi connectivity index (χ3n) is 3.78. The molecule has 21 heavy (non-hydrogen) atoms. The molecular formula is C15H18BrF2NO2. The molecule has 6 heteroatoms. The molecule has 1 unspecified atom stereocenters. The Morgan fingerprint density at radius 1 is 1.38 bits per heavy atom. The quantitative estimate of drug-likeness (QED) is 0.760. The van der Waals surface area contributed by atoms with Crippen molar-refractivity contribution in [3.63, 3.8) is 0 Å². The number of hydrogen-bond donors (Lipinski definition) is 0. The highest BCUT2D eigenvalue weighted by Gasteiger charge is 2.26. The van der Waals surface area contributed by atoms with Crippen LogP contribution in [0.3, 0.4) is 0 Å². The minimum absolute atomic E-state index is 0.0137. The van der Waals surface area contributed by atoms with E-state index in [4.69, 9.17) is 0 Å². The van der Waals surface area contributed by atoms with Gasteiger partial charge in [-0.3, -0.25) is 4.79 Å². The van der Waals surface area contributed by atoms with Gasteiger partial charge in [0.25, 0.3) is 5.91 Å². The molecule has 3 nitrogen and oxygen atoms in total. The molecule has 1 aliphatic heterocycles. The lowest BCUT2D eigenvalue weighted by Gasteiger charge is -2.33. The minimum Gasteiger partial charge on any atom is -0.435 e. The molecule has 0 N–H and O–H groups in total. The molecule has 1 aliphatic rings. The second kappa shape index (κ2) is 7.20. The van der Waals surface area contributed by atoms with E-state index in [1.807, 2.05) is 0 Å². The first-order valence-electron chi connectivity index (χ1n) is 6.95. The van der Waals surface area contributed by atoms with Crippen molar-refractivity contribution < 1.29 is 18.3 Å². The van der Waals surface area contributed by atoms with Crippen molar-refractivity contribution in [3.8, 4) is 5.75 Å². The second-order valence-electron chi connectivity index (χ2n) is 5.21. The fourth-order valence-corrected chi connectivity index (χ4v) is 3.08. The van der Waals surface area contributed by atoms with Gasteiger partial charge in [0.15, 0.2) is 0 Å². The molecule has 116 valence electrons. The fourth-order valence-electron chi connectivity index (χ4n) is 2.55. The number of carbonyl (C=O) groups is 1. The van der Waals surface area contributed by atoms with E-state index in [1.165, 1.54) is 12.1 Å². The molecule has 0 saturated carbocycles. The first-order chi connectivity index (χ1) is 9.97. The van der Waals surface area contributed by atoms with Gasteiger partial charge in [-0.05, 0) is 37.0 Å². The summed E-state index contributed by atoms with van der Waals surface area (Å²) in [5.74, 6) is 0.456. The summed E-state index contributed by atoms with van der Waals surface area (Å²) in [6.07, 6.45) is 1.90. The Labute approximate surface area is 131 Å². The summed E-state index contributed by atoms with van der Waals surface area (Å²) in [5.41, 5.74) is 0.387. The average Bonchev–Trinajstić information content (AvgIpc) is 2.46. The van der Waals surface area contributed by atoms with Gasteiger partial charge in [0, 0.05) is 23.5 Å². The molecule has 1 aromatic rings. The summed E-state index contributed by atoms with van der Waals surface area (Å²) < 4.78 is 28.7. The van der Waals surface area contributed by atoms with Crippen molar-refractivity contribution in [1.29, 1.82) is 0 Å².